The number of hydrogen-bond acceptors (Lipinski definition) is 4. The van der Waals surface area contributed by atoms with Gasteiger partial charge in [-0.15, -0.1) is 0 Å². The van der Waals surface area contributed by atoms with E-state index in [0.29, 0.717) is 24.5 Å². The minimum Gasteiger partial charge on any atom is -0.465 e. The van der Waals surface area contributed by atoms with Crippen LogP contribution >= 0.6 is 63.7 Å². The van der Waals surface area contributed by atoms with E-state index < -0.39 is 11.9 Å². The van der Waals surface area contributed by atoms with Crippen molar-refractivity contribution >= 4 is 75.7 Å². The summed E-state index contributed by atoms with van der Waals surface area (Å²) in [7, 11) is 1.26. The first-order chi connectivity index (χ1) is 10.9. The van der Waals surface area contributed by atoms with Crippen LogP contribution in [-0.4, -0.2) is 25.7 Å². The van der Waals surface area contributed by atoms with Gasteiger partial charge in [0.25, 0.3) is 0 Å². The summed E-state index contributed by atoms with van der Waals surface area (Å²) in [5, 5.41) is 0. The molecule has 0 spiro atoms. The molecule has 0 amide bonds. The van der Waals surface area contributed by atoms with Gasteiger partial charge in [0.05, 0.1) is 24.8 Å². The average Bonchev–Trinajstić information content (AvgIpc) is 2.54. The third-order valence-corrected chi connectivity index (χ3v) is 7.86. The normalized spacial score (nSPS) is 10.5. The molecule has 0 bridgehead atoms. The molecule has 0 atom stereocenters. The Bertz CT molecular complexity index is 602. The number of ether oxygens (including phenoxy) is 2. The lowest BCUT2D eigenvalue weighted by Gasteiger charge is -2.15. The molecule has 0 fully saturated rings. The number of carbonyl (C=O) groups is 2. The Morgan fingerprint density at radius 2 is 1.35 bits per heavy atom. The first kappa shape index (κ1) is 21.1. The minimum atomic E-state index is -0.622. The van der Waals surface area contributed by atoms with Crippen molar-refractivity contribution in [2.45, 2.75) is 32.6 Å². The van der Waals surface area contributed by atoms with E-state index in [1.807, 2.05) is 0 Å². The number of esters is 2. The van der Waals surface area contributed by atoms with E-state index in [2.05, 4.69) is 70.6 Å². The van der Waals surface area contributed by atoms with Crippen molar-refractivity contribution in [3.8, 4) is 0 Å². The third-order valence-electron chi connectivity index (χ3n) is 3.09. The summed E-state index contributed by atoms with van der Waals surface area (Å²) in [6.45, 7) is 2.43. The Balaban J connectivity index is 3.13. The van der Waals surface area contributed by atoms with Crippen LogP contribution in [-0.2, 0) is 9.47 Å². The van der Waals surface area contributed by atoms with Gasteiger partial charge in [-0.2, -0.15) is 0 Å². The van der Waals surface area contributed by atoms with E-state index >= 15 is 0 Å². The fourth-order valence-corrected chi connectivity index (χ4v) is 4.32. The largest absolute Gasteiger partial charge is 0.465 e. The van der Waals surface area contributed by atoms with Gasteiger partial charge in [0.1, 0.15) is 0 Å². The summed E-state index contributed by atoms with van der Waals surface area (Å²) >= 11 is 13.4. The summed E-state index contributed by atoms with van der Waals surface area (Å²) in [6, 6.07) is 0. The maximum absolute atomic E-state index is 12.4. The molecular weight excluding hydrogens is 564 g/mol. The van der Waals surface area contributed by atoms with Crippen LogP contribution in [0.5, 0.6) is 0 Å². The van der Waals surface area contributed by atoms with E-state index in [0.717, 1.165) is 25.7 Å². The van der Waals surface area contributed by atoms with Crippen molar-refractivity contribution in [3.63, 3.8) is 0 Å². The molecule has 4 nitrogen and oxygen atoms in total. The van der Waals surface area contributed by atoms with Gasteiger partial charge in [0.15, 0.2) is 0 Å². The van der Waals surface area contributed by atoms with Crippen LogP contribution in [0.4, 0.5) is 0 Å². The first-order valence-electron chi connectivity index (χ1n) is 6.98. The molecule has 0 aliphatic rings. The standard InChI is InChI=1S/C15H16Br4O4/c1-3-4-5-6-7-23-15(21)9-8(14(20)22-2)10(16)12(18)13(19)11(9)17/h3-7H2,1-2H3. The molecule has 0 aliphatic heterocycles. The maximum Gasteiger partial charge on any atom is 0.340 e. The first-order valence-corrected chi connectivity index (χ1v) is 10.1. The van der Waals surface area contributed by atoms with Gasteiger partial charge in [-0.05, 0) is 70.1 Å². The van der Waals surface area contributed by atoms with E-state index in [1.54, 1.807) is 0 Å². The van der Waals surface area contributed by atoms with E-state index in [9.17, 15) is 9.59 Å². The van der Waals surface area contributed by atoms with Crippen LogP contribution in [0, 0.1) is 0 Å². The number of halogens is 4. The van der Waals surface area contributed by atoms with Crippen LogP contribution < -0.4 is 0 Å². The number of methoxy groups -OCH3 is 1. The molecule has 1 aromatic carbocycles. The highest BCUT2D eigenvalue weighted by Crippen LogP contribution is 2.42. The van der Waals surface area contributed by atoms with Gasteiger partial charge >= 0.3 is 11.9 Å². The Labute approximate surface area is 169 Å². The zero-order valence-corrected chi connectivity index (χ0v) is 19.0. The smallest absolute Gasteiger partial charge is 0.340 e. The molecule has 0 radical (unpaired) electrons. The zero-order chi connectivity index (χ0) is 17.6. The maximum atomic E-state index is 12.4. The SMILES string of the molecule is CCCCCCOC(=O)c1c(Br)c(Br)c(Br)c(Br)c1C(=O)OC. The molecule has 0 aliphatic carbocycles. The molecule has 128 valence electrons. The molecule has 0 N–H and O–H groups in total. The Morgan fingerprint density at radius 1 is 0.826 bits per heavy atom. The fraction of sp³-hybridized carbons (Fsp3) is 0.467. The Hall–Kier alpha value is 0.0800. The summed E-state index contributed by atoms with van der Waals surface area (Å²) in [5.74, 6) is -1.19. The van der Waals surface area contributed by atoms with Crippen LogP contribution in [0.15, 0.2) is 17.9 Å². The highest BCUT2D eigenvalue weighted by molar-refractivity contribution is 9.15. The van der Waals surface area contributed by atoms with Crippen molar-refractivity contribution in [3.05, 3.63) is 29.0 Å². The second kappa shape index (κ2) is 10.2. The topological polar surface area (TPSA) is 52.6 Å². The minimum absolute atomic E-state index is 0.119. The fourth-order valence-electron chi connectivity index (χ4n) is 1.88. The summed E-state index contributed by atoms with van der Waals surface area (Å²) in [4.78, 5) is 24.5. The molecule has 0 saturated carbocycles. The van der Waals surface area contributed by atoms with Crippen molar-refractivity contribution < 1.29 is 19.1 Å². The van der Waals surface area contributed by atoms with Crippen molar-refractivity contribution in [1.29, 1.82) is 0 Å². The van der Waals surface area contributed by atoms with Gasteiger partial charge < -0.3 is 9.47 Å². The lowest BCUT2D eigenvalue weighted by Crippen LogP contribution is -2.16. The molecule has 23 heavy (non-hydrogen) atoms. The van der Waals surface area contributed by atoms with E-state index in [4.69, 9.17) is 9.47 Å². The lowest BCUT2D eigenvalue weighted by atomic mass is 10.1. The summed E-state index contributed by atoms with van der Waals surface area (Å²) < 4.78 is 12.2. The Morgan fingerprint density at radius 3 is 1.83 bits per heavy atom. The second-order valence-electron chi connectivity index (χ2n) is 4.69. The number of benzene rings is 1. The van der Waals surface area contributed by atoms with Crippen LogP contribution in [0.1, 0.15) is 53.3 Å². The quantitative estimate of drug-likeness (QED) is 0.166. The van der Waals surface area contributed by atoms with Crippen molar-refractivity contribution in [2.75, 3.05) is 13.7 Å². The molecular formula is C15H16Br4O4. The van der Waals surface area contributed by atoms with Gasteiger partial charge in [0.2, 0.25) is 0 Å². The molecule has 0 aromatic heterocycles. The number of carbonyl (C=O) groups excluding carboxylic acids is 2. The van der Waals surface area contributed by atoms with Crippen molar-refractivity contribution in [1.82, 2.24) is 0 Å². The number of rotatable bonds is 7. The van der Waals surface area contributed by atoms with Crippen molar-refractivity contribution in [2.24, 2.45) is 0 Å². The van der Waals surface area contributed by atoms with Gasteiger partial charge in [0, 0.05) is 17.9 Å². The third kappa shape index (κ3) is 5.28. The molecule has 0 unspecified atom stereocenters. The van der Waals surface area contributed by atoms with E-state index in [-0.39, 0.29) is 11.1 Å². The molecule has 0 saturated heterocycles. The molecule has 1 aromatic rings. The number of hydrogen-bond donors (Lipinski definition) is 0. The zero-order valence-electron chi connectivity index (χ0n) is 12.7. The van der Waals surface area contributed by atoms with Gasteiger partial charge in [-0.25, -0.2) is 9.59 Å². The van der Waals surface area contributed by atoms with Crippen LogP contribution in [0.3, 0.4) is 0 Å². The highest BCUT2D eigenvalue weighted by atomic mass is 79.9. The van der Waals surface area contributed by atoms with Gasteiger partial charge in [-0.1, -0.05) is 26.2 Å². The van der Waals surface area contributed by atoms with Crippen LogP contribution in [0.25, 0.3) is 0 Å². The summed E-state index contributed by atoms with van der Waals surface area (Å²) in [6.07, 6.45) is 4.01. The van der Waals surface area contributed by atoms with E-state index in [1.165, 1.54) is 7.11 Å². The average molecular weight is 580 g/mol. The summed E-state index contributed by atoms with van der Waals surface area (Å²) in [5.41, 5.74) is 0.252. The second-order valence-corrected chi connectivity index (χ2v) is 7.87. The predicted octanol–water partition coefficient (Wildman–Crippen LogP) is 6.26. The monoisotopic (exact) mass is 576 g/mol. The lowest BCUT2D eigenvalue weighted by molar-refractivity contribution is 0.0478. The molecule has 0 heterocycles. The van der Waals surface area contributed by atoms with Crippen LogP contribution in [0.2, 0.25) is 0 Å². The molecule has 8 heteroatoms. The van der Waals surface area contributed by atoms with Gasteiger partial charge in [-0.3, -0.25) is 0 Å². The highest BCUT2D eigenvalue weighted by Gasteiger charge is 2.29. The number of unbranched alkanes of at least 4 members (excludes halogenated alkanes) is 3. The molecule has 1 rings (SSSR count). The Kier molecular flexibility index (Phi) is 9.33. The predicted molar refractivity (Wildman–Crippen MR) is 103 cm³/mol.